The summed E-state index contributed by atoms with van der Waals surface area (Å²) in [6.45, 7) is 6.75. The number of aromatic nitrogens is 3. The van der Waals surface area contributed by atoms with Crippen LogP contribution in [0.2, 0.25) is 0 Å². The second-order valence-electron chi connectivity index (χ2n) is 4.00. The molecule has 72 valence electrons. The highest BCUT2D eigenvalue weighted by Gasteiger charge is 2.31. The molecule has 4 heteroatoms. The third-order valence-corrected chi connectivity index (χ3v) is 3.10. The largest absolute Gasteiger partial charge is 0.294 e. The zero-order chi connectivity index (χ0) is 9.42. The average molecular weight is 180 g/mol. The van der Waals surface area contributed by atoms with Gasteiger partial charge in [0.1, 0.15) is 0 Å². The third kappa shape index (κ3) is 1.46. The monoisotopic (exact) mass is 180 g/mol. The maximum atomic E-state index is 3.91. The van der Waals surface area contributed by atoms with E-state index >= 15 is 0 Å². The van der Waals surface area contributed by atoms with E-state index in [-0.39, 0.29) is 0 Å². The van der Waals surface area contributed by atoms with Crippen molar-refractivity contribution in [3.63, 3.8) is 0 Å². The molecule has 0 bridgehead atoms. The Morgan fingerprint density at radius 3 is 2.77 bits per heavy atom. The Hall–Kier alpha value is -0.900. The van der Waals surface area contributed by atoms with Crippen molar-refractivity contribution in [2.75, 3.05) is 6.54 Å². The van der Waals surface area contributed by atoms with Gasteiger partial charge in [-0.15, -0.1) is 5.10 Å². The Bertz CT molecular complexity index is 294. The Morgan fingerprint density at radius 1 is 1.54 bits per heavy atom. The molecule has 1 aliphatic rings. The maximum Gasteiger partial charge on any atom is 0.0738 e. The van der Waals surface area contributed by atoms with E-state index in [1.165, 1.54) is 12.2 Å². The number of hydrogen-bond acceptors (Lipinski definition) is 3. The van der Waals surface area contributed by atoms with Crippen molar-refractivity contribution < 1.29 is 0 Å². The van der Waals surface area contributed by atoms with Crippen LogP contribution in [0, 0.1) is 5.92 Å². The highest BCUT2D eigenvalue weighted by Crippen LogP contribution is 2.25. The van der Waals surface area contributed by atoms with Gasteiger partial charge in [0.15, 0.2) is 0 Å². The predicted molar refractivity (Wildman–Crippen MR) is 50.0 cm³/mol. The minimum atomic E-state index is 0.704. The van der Waals surface area contributed by atoms with Gasteiger partial charge in [-0.3, -0.25) is 9.58 Å². The fraction of sp³-hybridized carbons (Fsp3) is 0.778. The SMILES string of the molecule is CC1CN(Cc2cnnn2C)C1C. The molecule has 1 aliphatic heterocycles. The van der Waals surface area contributed by atoms with Crippen LogP contribution in [-0.2, 0) is 13.6 Å². The van der Waals surface area contributed by atoms with Gasteiger partial charge in [0, 0.05) is 26.2 Å². The van der Waals surface area contributed by atoms with Crippen LogP contribution in [-0.4, -0.2) is 32.5 Å². The lowest BCUT2D eigenvalue weighted by Gasteiger charge is -2.44. The maximum absolute atomic E-state index is 3.91. The van der Waals surface area contributed by atoms with E-state index in [1.807, 2.05) is 17.9 Å². The molecule has 0 saturated carbocycles. The van der Waals surface area contributed by atoms with E-state index in [1.54, 1.807) is 0 Å². The molecule has 1 aromatic rings. The number of rotatable bonds is 2. The summed E-state index contributed by atoms with van der Waals surface area (Å²) in [5, 5.41) is 7.78. The van der Waals surface area contributed by atoms with E-state index in [2.05, 4.69) is 29.1 Å². The van der Waals surface area contributed by atoms with E-state index in [4.69, 9.17) is 0 Å². The molecule has 0 amide bonds. The minimum absolute atomic E-state index is 0.704. The summed E-state index contributed by atoms with van der Waals surface area (Å²) in [6.07, 6.45) is 1.84. The summed E-state index contributed by atoms with van der Waals surface area (Å²) in [4.78, 5) is 2.45. The van der Waals surface area contributed by atoms with Crippen molar-refractivity contribution in [1.82, 2.24) is 19.9 Å². The van der Waals surface area contributed by atoms with Crippen LogP contribution in [0.4, 0.5) is 0 Å². The molecule has 0 aromatic carbocycles. The Kier molecular flexibility index (Phi) is 2.07. The van der Waals surface area contributed by atoms with Crippen LogP contribution in [0.15, 0.2) is 6.20 Å². The zero-order valence-electron chi connectivity index (χ0n) is 8.44. The van der Waals surface area contributed by atoms with Crippen molar-refractivity contribution in [3.05, 3.63) is 11.9 Å². The summed E-state index contributed by atoms with van der Waals surface area (Å²) in [5.41, 5.74) is 1.19. The number of likely N-dealkylation sites (tertiary alicyclic amines) is 1. The van der Waals surface area contributed by atoms with Crippen LogP contribution in [0.25, 0.3) is 0 Å². The molecule has 0 N–H and O–H groups in total. The summed E-state index contributed by atoms with van der Waals surface area (Å²) in [6, 6.07) is 0.704. The molecule has 0 aliphatic carbocycles. The van der Waals surface area contributed by atoms with Gasteiger partial charge in [-0.05, 0) is 12.8 Å². The molecule has 13 heavy (non-hydrogen) atoms. The second kappa shape index (κ2) is 3.10. The lowest BCUT2D eigenvalue weighted by molar-refractivity contribution is 0.0285. The third-order valence-electron chi connectivity index (χ3n) is 3.10. The van der Waals surface area contributed by atoms with E-state index < -0.39 is 0 Å². The normalized spacial score (nSPS) is 28.8. The highest BCUT2D eigenvalue weighted by atomic mass is 15.4. The van der Waals surface area contributed by atoms with E-state index in [9.17, 15) is 0 Å². The first-order valence-corrected chi connectivity index (χ1v) is 4.76. The molecular weight excluding hydrogens is 164 g/mol. The van der Waals surface area contributed by atoms with Gasteiger partial charge >= 0.3 is 0 Å². The van der Waals surface area contributed by atoms with Crippen LogP contribution in [0.3, 0.4) is 0 Å². The summed E-state index contributed by atoms with van der Waals surface area (Å²) in [5.74, 6) is 0.834. The molecule has 1 fully saturated rings. The molecular formula is C9H16N4. The zero-order valence-corrected chi connectivity index (χ0v) is 8.44. The van der Waals surface area contributed by atoms with Gasteiger partial charge in [-0.2, -0.15) is 0 Å². The van der Waals surface area contributed by atoms with Crippen molar-refractivity contribution in [2.24, 2.45) is 13.0 Å². The fourth-order valence-corrected chi connectivity index (χ4v) is 1.78. The number of aryl methyl sites for hydroxylation is 1. The van der Waals surface area contributed by atoms with Crippen molar-refractivity contribution >= 4 is 0 Å². The smallest absolute Gasteiger partial charge is 0.0738 e. The summed E-state index contributed by atoms with van der Waals surface area (Å²) in [7, 11) is 1.94. The fourth-order valence-electron chi connectivity index (χ4n) is 1.78. The van der Waals surface area contributed by atoms with E-state index in [0.29, 0.717) is 6.04 Å². The first-order chi connectivity index (χ1) is 6.18. The Labute approximate surface area is 78.5 Å². The Balaban J connectivity index is 1.97. The van der Waals surface area contributed by atoms with Gasteiger partial charge in [0.25, 0.3) is 0 Å². The van der Waals surface area contributed by atoms with Gasteiger partial charge in [0.2, 0.25) is 0 Å². The first kappa shape index (κ1) is 8.69. The molecule has 4 nitrogen and oxygen atoms in total. The van der Waals surface area contributed by atoms with Crippen LogP contribution in [0.5, 0.6) is 0 Å². The van der Waals surface area contributed by atoms with Gasteiger partial charge in [0.05, 0.1) is 11.9 Å². The van der Waals surface area contributed by atoms with Gasteiger partial charge < -0.3 is 0 Å². The number of nitrogens with zero attached hydrogens (tertiary/aromatic N) is 4. The summed E-state index contributed by atoms with van der Waals surface area (Å²) >= 11 is 0. The minimum Gasteiger partial charge on any atom is -0.294 e. The lowest BCUT2D eigenvalue weighted by Crippen LogP contribution is -2.52. The first-order valence-electron chi connectivity index (χ1n) is 4.76. The quantitative estimate of drug-likeness (QED) is 0.670. The van der Waals surface area contributed by atoms with Crippen LogP contribution >= 0.6 is 0 Å². The highest BCUT2D eigenvalue weighted by molar-refractivity contribution is 4.97. The van der Waals surface area contributed by atoms with Crippen LogP contribution < -0.4 is 0 Å². The standard InChI is InChI=1S/C9H16N4/c1-7-5-13(8(7)2)6-9-4-10-11-12(9)3/h4,7-8H,5-6H2,1-3H3. The second-order valence-corrected chi connectivity index (χ2v) is 4.00. The lowest BCUT2D eigenvalue weighted by atomic mass is 9.92. The summed E-state index contributed by atoms with van der Waals surface area (Å²) < 4.78 is 1.84. The van der Waals surface area contributed by atoms with Crippen molar-refractivity contribution in [1.29, 1.82) is 0 Å². The molecule has 2 heterocycles. The van der Waals surface area contributed by atoms with Gasteiger partial charge in [-0.1, -0.05) is 12.1 Å². The molecule has 1 aromatic heterocycles. The van der Waals surface area contributed by atoms with Crippen molar-refractivity contribution in [2.45, 2.75) is 26.4 Å². The molecule has 0 radical (unpaired) electrons. The predicted octanol–water partition coefficient (Wildman–Crippen LogP) is 0.655. The van der Waals surface area contributed by atoms with Crippen LogP contribution in [0.1, 0.15) is 19.5 Å². The van der Waals surface area contributed by atoms with Crippen molar-refractivity contribution in [3.8, 4) is 0 Å². The molecule has 0 spiro atoms. The Morgan fingerprint density at radius 2 is 2.31 bits per heavy atom. The van der Waals surface area contributed by atoms with Gasteiger partial charge in [-0.25, -0.2) is 0 Å². The molecule has 2 unspecified atom stereocenters. The molecule has 2 atom stereocenters. The molecule has 1 saturated heterocycles. The van der Waals surface area contributed by atoms with E-state index in [0.717, 1.165) is 12.5 Å². The number of hydrogen-bond donors (Lipinski definition) is 0. The molecule has 2 rings (SSSR count). The topological polar surface area (TPSA) is 34.0 Å². The average Bonchev–Trinajstić information content (AvgIpc) is 2.51.